The third-order valence-electron chi connectivity index (χ3n) is 7.70. The highest BCUT2D eigenvalue weighted by Gasteiger charge is 2.42. The van der Waals surface area contributed by atoms with Gasteiger partial charge in [0.15, 0.2) is 0 Å². The second kappa shape index (κ2) is 15.6. The Labute approximate surface area is 260 Å². The molecule has 242 valence electrons. The zero-order valence-electron chi connectivity index (χ0n) is 25.2. The van der Waals surface area contributed by atoms with Crippen molar-refractivity contribution in [3.8, 4) is 0 Å². The molecule has 1 aliphatic carbocycles. The van der Waals surface area contributed by atoms with E-state index in [2.05, 4.69) is 24.6 Å². The first-order valence-electron chi connectivity index (χ1n) is 14.7. The van der Waals surface area contributed by atoms with Crippen LogP contribution in [0.1, 0.15) is 76.8 Å². The number of hydrogen-bond acceptors (Lipinski definition) is 5. The normalized spacial score (nSPS) is 20.3. The summed E-state index contributed by atoms with van der Waals surface area (Å²) in [5.41, 5.74) is 0.160. The van der Waals surface area contributed by atoms with E-state index in [1.807, 2.05) is 0 Å². The number of hydrogen-bond donors (Lipinski definition) is 3. The maximum Gasteiger partial charge on any atom is 0.408 e. The van der Waals surface area contributed by atoms with Crippen molar-refractivity contribution in [2.24, 2.45) is 5.92 Å². The van der Waals surface area contributed by atoms with Crippen molar-refractivity contribution in [2.75, 3.05) is 13.2 Å². The molecule has 43 heavy (non-hydrogen) atoms. The molecule has 1 aliphatic heterocycles. The molecule has 0 spiro atoms. The molecule has 1 saturated heterocycles. The SMILES string of the molecule is CP(P)NC(Cc1ccc(Cl)cc1CNC(=O)C1CCCN1C(=O)C(NC(=O)OC(C)(C)C)C1CCCCC1)C(F)(F)F. The molecule has 0 aromatic heterocycles. The Morgan fingerprint density at radius 2 is 1.77 bits per heavy atom. The van der Waals surface area contributed by atoms with Gasteiger partial charge < -0.3 is 20.3 Å². The monoisotopic (exact) mass is 666 g/mol. The Balaban J connectivity index is 1.74. The van der Waals surface area contributed by atoms with E-state index in [9.17, 15) is 27.6 Å². The van der Waals surface area contributed by atoms with Crippen molar-refractivity contribution in [2.45, 2.75) is 109 Å². The Hall–Kier alpha value is -1.67. The van der Waals surface area contributed by atoms with Crippen LogP contribution in [0.2, 0.25) is 5.02 Å². The zero-order chi connectivity index (χ0) is 31.9. The molecule has 3 amide bonds. The number of rotatable bonds is 10. The van der Waals surface area contributed by atoms with Gasteiger partial charge in [0.2, 0.25) is 11.8 Å². The fourth-order valence-electron chi connectivity index (χ4n) is 5.72. The zero-order valence-corrected chi connectivity index (χ0v) is 28.0. The van der Waals surface area contributed by atoms with Gasteiger partial charge >= 0.3 is 12.3 Å². The molecule has 1 aromatic carbocycles. The smallest absolute Gasteiger partial charge is 0.408 e. The van der Waals surface area contributed by atoms with Gasteiger partial charge in [0.1, 0.15) is 23.7 Å². The highest BCUT2D eigenvalue weighted by Crippen LogP contribution is 2.39. The summed E-state index contributed by atoms with van der Waals surface area (Å²) in [6.45, 7) is 7.26. The van der Waals surface area contributed by atoms with Crippen molar-refractivity contribution >= 4 is 46.2 Å². The van der Waals surface area contributed by atoms with Gasteiger partial charge in [-0.3, -0.25) is 14.7 Å². The summed E-state index contributed by atoms with van der Waals surface area (Å²) in [6.07, 6.45) is 0.173. The molecule has 1 aromatic rings. The number of nitrogens with one attached hydrogen (secondary N) is 3. The summed E-state index contributed by atoms with van der Waals surface area (Å²) in [5.74, 6) is -0.775. The average molecular weight is 667 g/mol. The lowest BCUT2D eigenvalue weighted by molar-refractivity contribution is -0.150. The summed E-state index contributed by atoms with van der Waals surface area (Å²) in [4.78, 5) is 41.5. The highest BCUT2D eigenvalue weighted by molar-refractivity contribution is 8.12. The topological polar surface area (TPSA) is 99.8 Å². The Kier molecular flexibility index (Phi) is 13.0. The molecule has 5 unspecified atom stereocenters. The number of ether oxygens (including phenoxy) is 1. The summed E-state index contributed by atoms with van der Waals surface area (Å²) in [5, 5.41) is 8.57. The molecule has 2 aliphatic rings. The first-order chi connectivity index (χ1) is 20.0. The lowest BCUT2D eigenvalue weighted by Crippen LogP contribution is -2.56. The Morgan fingerprint density at radius 3 is 2.37 bits per heavy atom. The number of alkyl carbamates (subject to hydrolysis) is 1. The number of benzene rings is 1. The molecule has 3 rings (SSSR count). The van der Waals surface area contributed by atoms with Crippen molar-refractivity contribution in [3.63, 3.8) is 0 Å². The maximum absolute atomic E-state index is 13.9. The van der Waals surface area contributed by atoms with E-state index in [0.29, 0.717) is 35.5 Å². The molecule has 3 N–H and O–H groups in total. The molecule has 0 radical (unpaired) electrons. The van der Waals surface area contributed by atoms with Crippen LogP contribution in [0.15, 0.2) is 18.2 Å². The minimum atomic E-state index is -4.46. The van der Waals surface area contributed by atoms with Gasteiger partial charge in [-0.2, -0.15) is 13.2 Å². The molecular formula is C29H44ClF3N4O4P2. The molecule has 14 heteroatoms. The van der Waals surface area contributed by atoms with Gasteiger partial charge in [0.25, 0.3) is 0 Å². The second-order valence-corrected chi connectivity index (χ2v) is 16.6. The molecule has 0 bridgehead atoms. The molecule has 1 saturated carbocycles. The molecule has 5 atom stereocenters. The van der Waals surface area contributed by atoms with E-state index in [1.165, 1.54) is 11.0 Å². The number of carbonyl (C=O) groups is 3. The third-order valence-corrected chi connectivity index (χ3v) is 9.10. The second-order valence-electron chi connectivity index (χ2n) is 12.4. The van der Waals surface area contributed by atoms with E-state index < -0.39 is 49.7 Å². The predicted molar refractivity (Wildman–Crippen MR) is 167 cm³/mol. The number of halogens is 4. The first kappa shape index (κ1) is 35.8. The summed E-state index contributed by atoms with van der Waals surface area (Å²) >= 11 is 6.18. The number of amides is 3. The van der Waals surface area contributed by atoms with Crippen molar-refractivity contribution in [1.82, 2.24) is 20.6 Å². The quantitative estimate of drug-likeness (QED) is 0.255. The fraction of sp³-hybridized carbons (Fsp3) is 0.690. The molecule has 1 heterocycles. The predicted octanol–water partition coefficient (Wildman–Crippen LogP) is 6.30. The third kappa shape index (κ3) is 11.0. The maximum atomic E-state index is 13.9. The lowest BCUT2D eigenvalue weighted by Gasteiger charge is -2.35. The molecular weight excluding hydrogens is 623 g/mol. The van der Waals surface area contributed by atoms with E-state index in [4.69, 9.17) is 16.3 Å². The van der Waals surface area contributed by atoms with Gasteiger partial charge in [0, 0.05) is 18.1 Å². The summed E-state index contributed by atoms with van der Waals surface area (Å²) in [6, 6.07) is 1.32. The van der Waals surface area contributed by atoms with Crippen molar-refractivity contribution < 1.29 is 32.3 Å². The van der Waals surface area contributed by atoms with Crippen LogP contribution in [-0.2, 0) is 27.3 Å². The standard InChI is InChI=1S/C29H44ClF3N4O4P2/c1-28(2,3)41-27(40)35-24(18-9-6-5-7-10-18)26(39)37-14-8-11-22(37)25(38)34-17-20-15-21(30)13-12-19(20)16-23(29(31,32)33)36-43(4)42/h12-13,15,18,22-24,36H,5-11,14,16-17,42H2,1-4H3,(H,34,38)(H,35,40). The minimum absolute atomic E-state index is 0.0399. The van der Waals surface area contributed by atoms with Gasteiger partial charge in [-0.1, -0.05) is 45.9 Å². The Bertz CT molecular complexity index is 1130. The van der Waals surface area contributed by atoms with Crippen LogP contribution in [-0.4, -0.2) is 65.9 Å². The van der Waals surface area contributed by atoms with Crippen LogP contribution in [0, 0.1) is 5.92 Å². The Morgan fingerprint density at radius 1 is 1.09 bits per heavy atom. The number of likely N-dealkylation sites (tertiary alicyclic amines) is 1. The number of nitrogens with zero attached hydrogens (tertiary/aromatic N) is 1. The highest BCUT2D eigenvalue weighted by atomic mass is 35.5. The van der Waals surface area contributed by atoms with E-state index in [-0.39, 0.29) is 24.8 Å². The van der Waals surface area contributed by atoms with Crippen LogP contribution in [0.5, 0.6) is 0 Å². The van der Waals surface area contributed by atoms with Crippen molar-refractivity contribution in [1.29, 1.82) is 0 Å². The average Bonchev–Trinajstić information content (AvgIpc) is 3.40. The van der Waals surface area contributed by atoms with Gasteiger partial charge in [-0.25, -0.2) is 4.79 Å². The largest absolute Gasteiger partial charge is 0.444 e. The summed E-state index contributed by atoms with van der Waals surface area (Å²) in [7, 11) is 1.27. The molecule has 8 nitrogen and oxygen atoms in total. The van der Waals surface area contributed by atoms with Crippen LogP contribution >= 0.6 is 28.3 Å². The van der Waals surface area contributed by atoms with E-state index in [1.54, 1.807) is 39.6 Å². The minimum Gasteiger partial charge on any atom is -0.444 e. The fourth-order valence-corrected chi connectivity index (χ4v) is 7.19. The van der Waals surface area contributed by atoms with Crippen LogP contribution in [0.4, 0.5) is 18.0 Å². The van der Waals surface area contributed by atoms with Gasteiger partial charge in [-0.15, -0.1) is 0 Å². The lowest BCUT2D eigenvalue weighted by atomic mass is 9.83. The first-order valence-corrected chi connectivity index (χ1v) is 18.5. The van der Waals surface area contributed by atoms with Crippen LogP contribution < -0.4 is 15.7 Å². The van der Waals surface area contributed by atoms with Crippen molar-refractivity contribution in [3.05, 3.63) is 34.3 Å². The van der Waals surface area contributed by atoms with Gasteiger partial charge in [-0.05, 0) is 96.5 Å². The van der Waals surface area contributed by atoms with E-state index in [0.717, 1.165) is 32.1 Å². The number of carbonyl (C=O) groups excluding carboxylic acids is 3. The van der Waals surface area contributed by atoms with E-state index >= 15 is 0 Å². The number of alkyl halides is 3. The van der Waals surface area contributed by atoms with Crippen LogP contribution in [0.25, 0.3) is 0 Å². The molecule has 2 fully saturated rings. The van der Waals surface area contributed by atoms with Gasteiger partial charge in [0.05, 0.1) is 0 Å². The van der Waals surface area contributed by atoms with Crippen LogP contribution in [0.3, 0.4) is 0 Å². The summed E-state index contributed by atoms with van der Waals surface area (Å²) < 4.78 is 46.7.